The molecule has 0 atom stereocenters. The topological polar surface area (TPSA) is 91.9 Å². The third kappa shape index (κ3) is 3.76. The van der Waals surface area contributed by atoms with Gasteiger partial charge in [0, 0.05) is 10.9 Å². The van der Waals surface area contributed by atoms with E-state index in [0.717, 1.165) is 16.7 Å². The molecule has 2 aromatic heterocycles. The summed E-state index contributed by atoms with van der Waals surface area (Å²) in [6.07, 6.45) is 3.57. The molecular weight excluding hydrogens is 444 g/mol. The number of fused-ring (bicyclic) bond motifs is 2. The largest absolute Gasteiger partial charge is 0.493 e. The van der Waals surface area contributed by atoms with Crippen LogP contribution in [0.2, 0.25) is 0 Å². The van der Waals surface area contributed by atoms with Gasteiger partial charge in [-0.15, -0.1) is 11.3 Å². The highest BCUT2D eigenvalue weighted by molar-refractivity contribution is 7.17. The van der Waals surface area contributed by atoms with Gasteiger partial charge in [0.25, 0.3) is 5.56 Å². The summed E-state index contributed by atoms with van der Waals surface area (Å²) in [5.74, 6) is 3.45. The van der Waals surface area contributed by atoms with Crippen molar-refractivity contribution < 1.29 is 23.7 Å². The fourth-order valence-electron chi connectivity index (χ4n) is 3.68. The van der Waals surface area contributed by atoms with Gasteiger partial charge in [0.2, 0.25) is 12.5 Å². The van der Waals surface area contributed by atoms with Crippen LogP contribution in [0.3, 0.4) is 0 Å². The van der Waals surface area contributed by atoms with E-state index in [-0.39, 0.29) is 12.4 Å². The average Bonchev–Trinajstić information content (AvgIpc) is 3.49. The summed E-state index contributed by atoms with van der Waals surface area (Å²) >= 11 is 1.41. The van der Waals surface area contributed by atoms with Crippen molar-refractivity contribution in [2.45, 2.75) is 0 Å². The van der Waals surface area contributed by atoms with Gasteiger partial charge in [-0.25, -0.2) is 4.98 Å². The van der Waals surface area contributed by atoms with Crippen LogP contribution >= 0.6 is 11.3 Å². The van der Waals surface area contributed by atoms with E-state index in [1.54, 1.807) is 27.4 Å². The molecule has 0 amide bonds. The minimum absolute atomic E-state index is 0.158. The van der Waals surface area contributed by atoms with Crippen molar-refractivity contribution in [1.29, 1.82) is 0 Å². The average molecular weight is 464 g/mol. The molecule has 1 aliphatic heterocycles. The molecule has 0 saturated heterocycles. The minimum Gasteiger partial charge on any atom is -0.493 e. The van der Waals surface area contributed by atoms with Crippen molar-refractivity contribution in [3.05, 3.63) is 57.5 Å². The molecule has 3 heterocycles. The number of hydrogen-bond donors (Lipinski definition) is 1. The molecule has 168 valence electrons. The Bertz CT molecular complexity index is 1440. The molecule has 0 fully saturated rings. The number of nitrogens with one attached hydrogen (secondary N) is 1. The highest BCUT2D eigenvalue weighted by Crippen LogP contribution is 2.42. The van der Waals surface area contributed by atoms with E-state index in [9.17, 15) is 4.79 Å². The fourth-order valence-corrected chi connectivity index (χ4v) is 4.64. The maximum absolute atomic E-state index is 13.0. The smallest absolute Gasteiger partial charge is 0.260 e. The predicted molar refractivity (Wildman–Crippen MR) is 127 cm³/mol. The summed E-state index contributed by atoms with van der Waals surface area (Å²) in [4.78, 5) is 21.1. The molecule has 5 rings (SSSR count). The van der Waals surface area contributed by atoms with Gasteiger partial charge in [-0.3, -0.25) is 4.79 Å². The van der Waals surface area contributed by atoms with Crippen LogP contribution < -0.4 is 29.2 Å². The first-order chi connectivity index (χ1) is 16.1. The van der Waals surface area contributed by atoms with E-state index in [1.165, 1.54) is 11.3 Å². The number of hydrogen-bond acceptors (Lipinski definition) is 8. The molecule has 1 N–H and O–H groups in total. The van der Waals surface area contributed by atoms with E-state index < -0.39 is 0 Å². The Morgan fingerprint density at radius 1 is 1.00 bits per heavy atom. The number of methoxy groups -OCH3 is 3. The maximum Gasteiger partial charge on any atom is 0.260 e. The SMILES string of the molecule is COc1ccc(-c2csc3nc(C=Cc4cc(OC)c5c(c4)OCO5)[nH]c(=O)c23)cc1OC. The molecule has 9 heteroatoms. The van der Waals surface area contributed by atoms with Crippen LogP contribution in [-0.4, -0.2) is 38.1 Å². The van der Waals surface area contributed by atoms with Crippen molar-refractivity contribution in [2.24, 2.45) is 0 Å². The maximum atomic E-state index is 13.0. The third-order valence-electron chi connectivity index (χ3n) is 5.27. The second kappa shape index (κ2) is 8.51. The first-order valence-electron chi connectivity index (χ1n) is 10.0. The van der Waals surface area contributed by atoms with Crippen LogP contribution in [0.25, 0.3) is 33.5 Å². The van der Waals surface area contributed by atoms with Crippen LogP contribution in [0.4, 0.5) is 0 Å². The van der Waals surface area contributed by atoms with E-state index in [1.807, 2.05) is 41.8 Å². The fraction of sp³-hybridized carbons (Fsp3) is 0.167. The van der Waals surface area contributed by atoms with Crippen LogP contribution in [0.1, 0.15) is 11.4 Å². The normalized spacial score (nSPS) is 12.5. The molecule has 4 aromatic rings. The van der Waals surface area contributed by atoms with E-state index in [2.05, 4.69) is 9.97 Å². The Hall–Kier alpha value is -3.98. The van der Waals surface area contributed by atoms with Gasteiger partial charge in [0.15, 0.2) is 23.0 Å². The van der Waals surface area contributed by atoms with Gasteiger partial charge in [-0.1, -0.05) is 12.1 Å². The van der Waals surface area contributed by atoms with E-state index >= 15 is 0 Å². The number of aromatic nitrogens is 2. The highest BCUT2D eigenvalue weighted by atomic mass is 32.1. The van der Waals surface area contributed by atoms with Crippen molar-refractivity contribution in [2.75, 3.05) is 28.1 Å². The van der Waals surface area contributed by atoms with Crippen LogP contribution in [0.5, 0.6) is 28.7 Å². The zero-order chi connectivity index (χ0) is 22.9. The first-order valence-corrected chi connectivity index (χ1v) is 10.9. The molecule has 0 saturated carbocycles. The third-order valence-corrected chi connectivity index (χ3v) is 6.14. The second-order valence-electron chi connectivity index (χ2n) is 7.14. The molecule has 0 aliphatic carbocycles. The molecule has 0 bridgehead atoms. The van der Waals surface area contributed by atoms with Gasteiger partial charge >= 0.3 is 0 Å². The minimum atomic E-state index is -0.214. The molecule has 2 aromatic carbocycles. The summed E-state index contributed by atoms with van der Waals surface area (Å²) in [7, 11) is 4.74. The summed E-state index contributed by atoms with van der Waals surface area (Å²) in [6, 6.07) is 9.24. The summed E-state index contributed by atoms with van der Waals surface area (Å²) in [5.41, 5.74) is 2.26. The molecule has 1 aliphatic rings. The molecule has 33 heavy (non-hydrogen) atoms. The lowest BCUT2D eigenvalue weighted by molar-refractivity contribution is 0.171. The van der Waals surface area contributed by atoms with Crippen molar-refractivity contribution in [1.82, 2.24) is 9.97 Å². The number of aromatic amines is 1. The Balaban J connectivity index is 1.50. The lowest BCUT2D eigenvalue weighted by Gasteiger charge is -2.09. The molecule has 0 spiro atoms. The van der Waals surface area contributed by atoms with Gasteiger partial charge in [-0.2, -0.15) is 0 Å². The second-order valence-corrected chi connectivity index (χ2v) is 8.00. The summed E-state index contributed by atoms with van der Waals surface area (Å²) in [6.45, 7) is 0.158. The number of nitrogens with zero attached hydrogens (tertiary/aromatic N) is 1. The zero-order valence-electron chi connectivity index (χ0n) is 18.1. The zero-order valence-corrected chi connectivity index (χ0v) is 18.9. The standard InChI is InChI=1S/C24H20N2O6S/c1-28-16-6-5-14(10-17(16)29-2)15-11-33-24-21(15)23(27)25-20(26-24)7-4-13-8-18(30-3)22-19(9-13)31-12-32-22/h4-11H,12H2,1-3H3,(H,25,26,27). The van der Waals surface area contributed by atoms with E-state index in [0.29, 0.717) is 44.8 Å². The van der Waals surface area contributed by atoms with E-state index in [4.69, 9.17) is 23.7 Å². The number of H-pyrrole nitrogens is 1. The van der Waals surface area contributed by atoms with Gasteiger partial charge in [-0.05, 0) is 41.5 Å². The Labute approximate surface area is 193 Å². The van der Waals surface area contributed by atoms with Gasteiger partial charge in [0.1, 0.15) is 10.7 Å². The van der Waals surface area contributed by atoms with Crippen LogP contribution in [-0.2, 0) is 0 Å². The monoisotopic (exact) mass is 464 g/mol. The van der Waals surface area contributed by atoms with Gasteiger partial charge in [0.05, 0.1) is 26.7 Å². The Morgan fingerprint density at radius 2 is 1.82 bits per heavy atom. The number of thiophene rings is 1. The molecular formula is C24H20N2O6S. The molecule has 0 radical (unpaired) electrons. The summed E-state index contributed by atoms with van der Waals surface area (Å²) in [5, 5.41) is 2.46. The Morgan fingerprint density at radius 3 is 2.61 bits per heavy atom. The first kappa shape index (κ1) is 20.9. The lowest BCUT2D eigenvalue weighted by Crippen LogP contribution is -2.09. The van der Waals surface area contributed by atoms with Crippen molar-refractivity contribution in [3.8, 4) is 39.9 Å². The predicted octanol–water partition coefficient (Wildman–Crippen LogP) is 4.58. The summed E-state index contributed by atoms with van der Waals surface area (Å²) < 4.78 is 27.0. The lowest BCUT2D eigenvalue weighted by atomic mass is 10.1. The van der Waals surface area contributed by atoms with Crippen LogP contribution in [0.15, 0.2) is 40.5 Å². The highest BCUT2D eigenvalue weighted by Gasteiger charge is 2.19. The van der Waals surface area contributed by atoms with Crippen LogP contribution in [0, 0.1) is 0 Å². The Kier molecular flexibility index (Phi) is 5.39. The van der Waals surface area contributed by atoms with Crippen molar-refractivity contribution in [3.63, 3.8) is 0 Å². The quantitative estimate of drug-likeness (QED) is 0.447. The number of ether oxygens (including phenoxy) is 5. The van der Waals surface area contributed by atoms with Crippen molar-refractivity contribution >= 4 is 33.7 Å². The van der Waals surface area contributed by atoms with Gasteiger partial charge < -0.3 is 28.7 Å². The molecule has 0 unspecified atom stereocenters. The molecule has 8 nitrogen and oxygen atoms in total. The number of rotatable bonds is 6. The number of benzene rings is 2.